The number of rotatable bonds is 5. The fraction of sp³-hybridized carbons (Fsp3) is 0.429. The third-order valence-corrected chi connectivity index (χ3v) is 3.40. The lowest BCUT2D eigenvalue weighted by molar-refractivity contribution is -0.144. The van der Waals surface area contributed by atoms with Crippen LogP contribution in [0, 0.1) is 0 Å². The summed E-state index contributed by atoms with van der Waals surface area (Å²) in [6, 6.07) is 6.70. The summed E-state index contributed by atoms with van der Waals surface area (Å²) >= 11 is 0. The van der Waals surface area contributed by atoms with Gasteiger partial charge in [0.15, 0.2) is 5.54 Å². The van der Waals surface area contributed by atoms with Crippen molar-refractivity contribution in [3.05, 3.63) is 29.8 Å². The number of nitrogens with one attached hydrogen (secondary N) is 2. The summed E-state index contributed by atoms with van der Waals surface area (Å²) in [5, 5.41) is 14.3. The molecule has 0 radical (unpaired) electrons. The number of aliphatic carboxylic acids is 1. The maximum Gasteiger partial charge on any atom is 0.332 e. The molecule has 0 aliphatic carbocycles. The molecule has 2 amide bonds. The fourth-order valence-electron chi connectivity index (χ4n) is 2.07. The van der Waals surface area contributed by atoms with E-state index in [0.717, 1.165) is 11.3 Å². The molecule has 0 saturated carbocycles. The zero-order valence-corrected chi connectivity index (χ0v) is 11.7. The second kappa shape index (κ2) is 6.45. The normalized spacial score (nSPS) is 20.8. The molecule has 3 N–H and O–H groups in total. The maximum atomic E-state index is 11.8. The monoisotopic (exact) mass is 294 g/mol. The van der Waals surface area contributed by atoms with Gasteiger partial charge in [0.05, 0.1) is 13.7 Å². The van der Waals surface area contributed by atoms with Crippen LogP contribution in [0.4, 0.5) is 4.79 Å². The van der Waals surface area contributed by atoms with Crippen LogP contribution in [0.3, 0.4) is 0 Å². The molecular formula is C14H18N2O5. The quantitative estimate of drug-likeness (QED) is 0.744. The average Bonchev–Trinajstić information content (AvgIpc) is 2.95. The van der Waals surface area contributed by atoms with Crippen LogP contribution >= 0.6 is 0 Å². The molecule has 1 aromatic rings. The Bertz CT molecular complexity index is 509. The molecule has 7 nitrogen and oxygen atoms in total. The van der Waals surface area contributed by atoms with Gasteiger partial charge in [-0.15, -0.1) is 0 Å². The SMILES string of the molecule is COc1ccc(CNC(=O)NC2(C(=O)O)CCOC2)cc1. The Labute approximate surface area is 122 Å². The number of carboxylic acids is 1. The van der Waals surface area contributed by atoms with E-state index < -0.39 is 17.5 Å². The smallest absolute Gasteiger partial charge is 0.332 e. The minimum atomic E-state index is -1.33. The van der Waals surface area contributed by atoms with Crippen LogP contribution in [0.2, 0.25) is 0 Å². The Hall–Kier alpha value is -2.28. The van der Waals surface area contributed by atoms with Gasteiger partial charge in [-0.25, -0.2) is 9.59 Å². The van der Waals surface area contributed by atoms with Crippen LogP contribution in [-0.4, -0.2) is 43.0 Å². The van der Waals surface area contributed by atoms with Gasteiger partial charge in [-0.1, -0.05) is 12.1 Å². The third-order valence-electron chi connectivity index (χ3n) is 3.40. The van der Waals surface area contributed by atoms with E-state index in [1.807, 2.05) is 12.1 Å². The molecule has 0 spiro atoms. The molecule has 1 atom stereocenters. The number of hydrogen-bond acceptors (Lipinski definition) is 4. The van der Waals surface area contributed by atoms with Gasteiger partial charge >= 0.3 is 12.0 Å². The summed E-state index contributed by atoms with van der Waals surface area (Å²) in [6.45, 7) is 0.607. The van der Waals surface area contributed by atoms with Crippen molar-refractivity contribution < 1.29 is 24.2 Å². The Morgan fingerprint density at radius 3 is 2.62 bits per heavy atom. The van der Waals surface area contributed by atoms with Crippen molar-refractivity contribution in [3.63, 3.8) is 0 Å². The van der Waals surface area contributed by atoms with E-state index >= 15 is 0 Å². The van der Waals surface area contributed by atoms with Crippen LogP contribution in [-0.2, 0) is 16.1 Å². The highest BCUT2D eigenvalue weighted by molar-refractivity contribution is 5.86. The molecule has 114 valence electrons. The molecule has 1 heterocycles. The predicted octanol–water partition coefficient (Wildman–Crippen LogP) is 0.738. The first kappa shape index (κ1) is 15.1. The zero-order chi connectivity index (χ0) is 15.3. The minimum absolute atomic E-state index is 0.0156. The first-order chi connectivity index (χ1) is 10.1. The molecule has 21 heavy (non-hydrogen) atoms. The number of carboxylic acid groups (broad SMARTS) is 1. The van der Waals surface area contributed by atoms with Crippen molar-refractivity contribution in [3.8, 4) is 5.75 Å². The number of hydrogen-bond donors (Lipinski definition) is 3. The molecule has 1 fully saturated rings. The molecule has 1 aliphatic heterocycles. The van der Waals surface area contributed by atoms with Gasteiger partial charge in [0, 0.05) is 19.6 Å². The highest BCUT2D eigenvalue weighted by atomic mass is 16.5. The Morgan fingerprint density at radius 2 is 2.10 bits per heavy atom. The van der Waals surface area contributed by atoms with Gasteiger partial charge in [-0.3, -0.25) is 0 Å². The molecule has 2 rings (SSSR count). The van der Waals surface area contributed by atoms with E-state index in [-0.39, 0.29) is 13.0 Å². The third kappa shape index (κ3) is 3.63. The van der Waals surface area contributed by atoms with Gasteiger partial charge < -0.3 is 25.2 Å². The number of methoxy groups -OCH3 is 1. The standard InChI is InChI=1S/C14H18N2O5/c1-20-11-4-2-10(3-5-11)8-15-13(19)16-14(12(17)18)6-7-21-9-14/h2-5H,6-9H2,1H3,(H,17,18)(H2,15,16,19). The van der Waals surface area contributed by atoms with Crippen LogP contribution in [0.25, 0.3) is 0 Å². The number of amides is 2. The Kier molecular flexibility index (Phi) is 4.64. The molecule has 0 bridgehead atoms. The topological polar surface area (TPSA) is 96.9 Å². The average molecular weight is 294 g/mol. The number of benzene rings is 1. The second-order valence-electron chi connectivity index (χ2n) is 4.85. The number of ether oxygens (including phenoxy) is 2. The maximum absolute atomic E-state index is 11.8. The lowest BCUT2D eigenvalue weighted by atomic mass is 9.99. The summed E-state index contributed by atoms with van der Waals surface area (Å²) < 4.78 is 10.1. The predicted molar refractivity (Wildman–Crippen MR) is 74.2 cm³/mol. The van der Waals surface area contributed by atoms with E-state index in [9.17, 15) is 14.7 Å². The van der Waals surface area contributed by atoms with E-state index in [1.54, 1.807) is 19.2 Å². The van der Waals surface area contributed by atoms with Gasteiger partial charge in [0.1, 0.15) is 5.75 Å². The molecule has 0 aromatic heterocycles. The first-order valence-corrected chi connectivity index (χ1v) is 6.56. The fourth-order valence-corrected chi connectivity index (χ4v) is 2.07. The highest BCUT2D eigenvalue weighted by Gasteiger charge is 2.43. The summed E-state index contributed by atoms with van der Waals surface area (Å²) in [6.07, 6.45) is 0.262. The van der Waals surface area contributed by atoms with E-state index in [1.165, 1.54) is 0 Å². The Balaban J connectivity index is 1.87. The molecule has 1 aliphatic rings. The van der Waals surface area contributed by atoms with Crippen molar-refractivity contribution in [2.24, 2.45) is 0 Å². The molecule has 7 heteroatoms. The number of carbonyl (C=O) groups excluding carboxylic acids is 1. The summed E-state index contributed by atoms with van der Waals surface area (Å²) in [5.74, 6) is -0.351. The van der Waals surface area contributed by atoms with Crippen LogP contribution in [0.1, 0.15) is 12.0 Å². The van der Waals surface area contributed by atoms with E-state index in [4.69, 9.17) is 9.47 Å². The largest absolute Gasteiger partial charge is 0.497 e. The molecule has 1 saturated heterocycles. The minimum Gasteiger partial charge on any atom is -0.497 e. The molecular weight excluding hydrogens is 276 g/mol. The van der Waals surface area contributed by atoms with Crippen molar-refractivity contribution in [2.45, 2.75) is 18.5 Å². The van der Waals surface area contributed by atoms with E-state index in [2.05, 4.69) is 10.6 Å². The van der Waals surface area contributed by atoms with Crippen LogP contribution < -0.4 is 15.4 Å². The van der Waals surface area contributed by atoms with Gasteiger partial charge in [0.25, 0.3) is 0 Å². The first-order valence-electron chi connectivity index (χ1n) is 6.56. The Morgan fingerprint density at radius 1 is 1.38 bits per heavy atom. The number of carbonyl (C=O) groups is 2. The van der Waals surface area contributed by atoms with Crippen molar-refractivity contribution in [1.82, 2.24) is 10.6 Å². The number of urea groups is 1. The summed E-state index contributed by atoms with van der Waals surface area (Å²) in [4.78, 5) is 23.1. The summed E-state index contributed by atoms with van der Waals surface area (Å²) in [7, 11) is 1.58. The lowest BCUT2D eigenvalue weighted by Gasteiger charge is -2.23. The molecule has 1 aromatic carbocycles. The van der Waals surface area contributed by atoms with Crippen LogP contribution in [0.15, 0.2) is 24.3 Å². The van der Waals surface area contributed by atoms with Gasteiger partial charge in [0.2, 0.25) is 0 Å². The lowest BCUT2D eigenvalue weighted by Crippen LogP contribution is -2.57. The van der Waals surface area contributed by atoms with Crippen molar-refractivity contribution >= 4 is 12.0 Å². The van der Waals surface area contributed by atoms with Gasteiger partial charge in [-0.05, 0) is 17.7 Å². The second-order valence-corrected chi connectivity index (χ2v) is 4.85. The zero-order valence-electron chi connectivity index (χ0n) is 11.7. The van der Waals surface area contributed by atoms with E-state index in [0.29, 0.717) is 13.2 Å². The van der Waals surface area contributed by atoms with Crippen molar-refractivity contribution in [2.75, 3.05) is 20.3 Å². The van der Waals surface area contributed by atoms with Crippen LogP contribution in [0.5, 0.6) is 5.75 Å². The highest BCUT2D eigenvalue weighted by Crippen LogP contribution is 2.18. The summed E-state index contributed by atoms with van der Waals surface area (Å²) in [5.41, 5.74) is -0.442. The molecule has 1 unspecified atom stereocenters. The van der Waals surface area contributed by atoms with Gasteiger partial charge in [-0.2, -0.15) is 0 Å². The van der Waals surface area contributed by atoms with Crippen molar-refractivity contribution in [1.29, 1.82) is 0 Å².